The lowest BCUT2D eigenvalue weighted by molar-refractivity contribution is -0.0391. The molecule has 4 heterocycles. The number of fused-ring (bicyclic) bond motifs is 1. The van der Waals surface area contributed by atoms with Gasteiger partial charge in [0.2, 0.25) is 0 Å². The number of amides is 1. The summed E-state index contributed by atoms with van der Waals surface area (Å²) in [5.41, 5.74) is 1.46. The Kier molecular flexibility index (Phi) is 6.91. The number of rotatable bonds is 4. The Labute approximate surface area is 200 Å². The molecule has 2 aliphatic rings. The maximum atomic E-state index is 12.9. The minimum absolute atomic E-state index is 0.0317. The number of carbonyl (C=O) groups excluding carboxylic acids is 1. The van der Waals surface area contributed by atoms with Gasteiger partial charge in [0.15, 0.2) is 0 Å². The van der Waals surface area contributed by atoms with Gasteiger partial charge in [-0.05, 0) is 53.4 Å². The van der Waals surface area contributed by atoms with E-state index in [9.17, 15) is 14.7 Å². The first-order valence-electron chi connectivity index (χ1n) is 12.2. The molecule has 2 aliphatic heterocycles. The van der Waals surface area contributed by atoms with Gasteiger partial charge in [-0.3, -0.25) is 4.79 Å². The number of piperazine rings is 1. The van der Waals surface area contributed by atoms with Crippen LogP contribution in [0, 0.1) is 0 Å². The van der Waals surface area contributed by atoms with Crippen molar-refractivity contribution in [2.24, 2.45) is 7.05 Å². The minimum atomic E-state index is -0.591. The summed E-state index contributed by atoms with van der Waals surface area (Å²) in [6.07, 6.45) is 4.85. The van der Waals surface area contributed by atoms with E-state index in [1.165, 1.54) is 0 Å². The van der Waals surface area contributed by atoms with Crippen LogP contribution in [0.25, 0.3) is 11.0 Å². The number of carbonyl (C=O) groups is 1. The second kappa shape index (κ2) is 9.58. The number of hydrogen-bond donors (Lipinski definition) is 1. The third-order valence-corrected chi connectivity index (χ3v) is 6.60. The van der Waals surface area contributed by atoms with Gasteiger partial charge < -0.3 is 28.9 Å². The number of nitrogens with zero attached hydrogens (tertiary/aromatic N) is 5. The van der Waals surface area contributed by atoms with E-state index in [0.717, 1.165) is 36.0 Å². The van der Waals surface area contributed by atoms with E-state index in [2.05, 4.69) is 4.90 Å². The maximum absolute atomic E-state index is 12.9. The molecule has 10 nitrogen and oxygen atoms in total. The Morgan fingerprint density at radius 2 is 2.06 bits per heavy atom. The number of pyridine rings is 1. The van der Waals surface area contributed by atoms with Crippen LogP contribution in [0.2, 0.25) is 0 Å². The molecule has 0 spiro atoms. The summed E-state index contributed by atoms with van der Waals surface area (Å²) in [5.74, 6) is 0. The second-order valence-electron chi connectivity index (χ2n) is 10.4. The van der Waals surface area contributed by atoms with E-state index >= 15 is 0 Å². The molecule has 2 aromatic rings. The summed E-state index contributed by atoms with van der Waals surface area (Å²) in [6, 6.07) is 1.29. The van der Waals surface area contributed by atoms with E-state index in [4.69, 9.17) is 14.6 Å². The summed E-state index contributed by atoms with van der Waals surface area (Å²) in [5, 5.41) is 14.6. The van der Waals surface area contributed by atoms with Gasteiger partial charge in [-0.2, -0.15) is 5.10 Å². The van der Waals surface area contributed by atoms with Crippen molar-refractivity contribution in [3.05, 3.63) is 22.6 Å². The van der Waals surface area contributed by atoms with Gasteiger partial charge in [-0.15, -0.1) is 0 Å². The fraction of sp³-hybridized carbons (Fsp3) is 0.708. The van der Waals surface area contributed by atoms with Crippen molar-refractivity contribution in [1.29, 1.82) is 0 Å². The molecular formula is C24H37N5O5. The molecular weight excluding hydrogens is 438 g/mol. The standard InChI is InChI=1S/C24H37N5O5/c1-16-13-28(17(9-10-30)14-27(16)23(32)34-24(2,3)4)18-12-20(31)26(5)19-15-29(25-22(18)19)21-8-6-7-11-33-21/h12,15-17,21,30H,6-11,13-14H2,1-5H3/t16-,17+,21?/m1/s1. The molecule has 3 atom stereocenters. The van der Waals surface area contributed by atoms with Crippen molar-refractivity contribution in [3.63, 3.8) is 0 Å². The van der Waals surface area contributed by atoms with Crippen LogP contribution >= 0.6 is 0 Å². The molecule has 4 rings (SSSR count). The first-order valence-corrected chi connectivity index (χ1v) is 12.2. The molecule has 188 valence electrons. The highest BCUT2D eigenvalue weighted by molar-refractivity contribution is 5.88. The molecule has 10 heteroatoms. The lowest BCUT2D eigenvalue weighted by Gasteiger charge is -2.46. The molecule has 0 bridgehead atoms. The largest absolute Gasteiger partial charge is 0.444 e. The molecule has 0 radical (unpaired) electrons. The third-order valence-electron chi connectivity index (χ3n) is 6.60. The Hall–Kier alpha value is -2.59. The SMILES string of the molecule is C[C@@H]1CN(c2cc(=O)n(C)c3cn(C4CCCCO4)nc23)[C@@H](CCO)CN1C(=O)OC(C)(C)C. The van der Waals surface area contributed by atoms with Gasteiger partial charge in [0.05, 0.1) is 17.4 Å². The van der Waals surface area contributed by atoms with E-state index in [1.54, 1.807) is 22.6 Å². The van der Waals surface area contributed by atoms with Gasteiger partial charge in [-0.1, -0.05) is 0 Å². The number of anilines is 1. The monoisotopic (exact) mass is 475 g/mol. The zero-order chi connectivity index (χ0) is 24.6. The van der Waals surface area contributed by atoms with Gasteiger partial charge in [0, 0.05) is 51.5 Å². The average molecular weight is 476 g/mol. The highest BCUT2D eigenvalue weighted by Crippen LogP contribution is 2.32. The second-order valence-corrected chi connectivity index (χ2v) is 10.4. The summed E-state index contributed by atoms with van der Waals surface area (Å²) >= 11 is 0. The Bertz CT molecular complexity index is 1080. The van der Waals surface area contributed by atoms with Crippen LogP contribution in [-0.2, 0) is 16.5 Å². The number of aliphatic hydroxyl groups is 1. The topological polar surface area (TPSA) is 102 Å². The van der Waals surface area contributed by atoms with Crippen LogP contribution in [0.1, 0.15) is 59.6 Å². The lowest BCUT2D eigenvalue weighted by atomic mass is 10.0. The smallest absolute Gasteiger partial charge is 0.410 e. The number of hydrogen-bond acceptors (Lipinski definition) is 7. The quantitative estimate of drug-likeness (QED) is 0.725. The summed E-state index contributed by atoms with van der Waals surface area (Å²) in [7, 11) is 1.75. The van der Waals surface area contributed by atoms with E-state index in [1.807, 2.05) is 38.6 Å². The predicted molar refractivity (Wildman–Crippen MR) is 129 cm³/mol. The molecule has 2 saturated heterocycles. The van der Waals surface area contributed by atoms with Crippen LogP contribution < -0.4 is 10.5 Å². The fourth-order valence-corrected chi connectivity index (χ4v) is 4.81. The van der Waals surface area contributed by atoms with Crippen molar-refractivity contribution < 1.29 is 19.4 Å². The molecule has 0 saturated carbocycles. The highest BCUT2D eigenvalue weighted by atomic mass is 16.6. The zero-order valence-electron chi connectivity index (χ0n) is 20.9. The Morgan fingerprint density at radius 3 is 2.71 bits per heavy atom. The van der Waals surface area contributed by atoms with Crippen LogP contribution in [-0.4, -0.2) is 74.4 Å². The molecule has 2 fully saturated rings. The number of aryl methyl sites for hydroxylation is 1. The maximum Gasteiger partial charge on any atom is 0.410 e. The van der Waals surface area contributed by atoms with Crippen LogP contribution in [0.5, 0.6) is 0 Å². The molecule has 34 heavy (non-hydrogen) atoms. The number of aromatic nitrogens is 3. The molecule has 1 amide bonds. The number of ether oxygens (including phenoxy) is 2. The van der Waals surface area contributed by atoms with Crippen molar-refractivity contribution in [1.82, 2.24) is 19.2 Å². The molecule has 0 aliphatic carbocycles. The number of aliphatic hydroxyl groups excluding tert-OH is 1. The van der Waals surface area contributed by atoms with Crippen LogP contribution in [0.15, 0.2) is 17.1 Å². The minimum Gasteiger partial charge on any atom is -0.444 e. The molecule has 1 N–H and O–H groups in total. The van der Waals surface area contributed by atoms with E-state index in [-0.39, 0.29) is 36.6 Å². The molecule has 0 aromatic carbocycles. The van der Waals surface area contributed by atoms with E-state index < -0.39 is 5.60 Å². The van der Waals surface area contributed by atoms with Crippen molar-refractivity contribution in [2.75, 3.05) is 31.2 Å². The first kappa shape index (κ1) is 24.5. The summed E-state index contributed by atoms with van der Waals surface area (Å²) in [4.78, 5) is 29.6. The van der Waals surface area contributed by atoms with Gasteiger partial charge in [0.1, 0.15) is 17.3 Å². The van der Waals surface area contributed by atoms with Crippen LogP contribution in [0.3, 0.4) is 0 Å². The molecule has 2 aromatic heterocycles. The lowest BCUT2D eigenvalue weighted by Crippen LogP contribution is -2.60. The third kappa shape index (κ3) is 4.93. The Balaban J connectivity index is 1.70. The summed E-state index contributed by atoms with van der Waals surface area (Å²) < 4.78 is 15.0. The zero-order valence-corrected chi connectivity index (χ0v) is 20.9. The fourth-order valence-electron chi connectivity index (χ4n) is 4.81. The predicted octanol–water partition coefficient (Wildman–Crippen LogP) is 2.63. The average Bonchev–Trinajstić information content (AvgIpc) is 3.23. The first-order chi connectivity index (χ1) is 16.1. The van der Waals surface area contributed by atoms with Gasteiger partial charge in [0.25, 0.3) is 5.56 Å². The summed E-state index contributed by atoms with van der Waals surface area (Å²) in [6.45, 7) is 9.07. The van der Waals surface area contributed by atoms with Crippen molar-refractivity contribution >= 4 is 22.8 Å². The highest BCUT2D eigenvalue weighted by Gasteiger charge is 2.37. The van der Waals surface area contributed by atoms with Gasteiger partial charge >= 0.3 is 6.09 Å². The van der Waals surface area contributed by atoms with Gasteiger partial charge in [-0.25, -0.2) is 9.48 Å². The van der Waals surface area contributed by atoms with Crippen molar-refractivity contribution in [2.45, 2.75) is 77.3 Å². The normalized spacial score (nSPS) is 24.0. The van der Waals surface area contributed by atoms with E-state index in [0.29, 0.717) is 26.1 Å². The Morgan fingerprint density at radius 1 is 1.29 bits per heavy atom. The van der Waals surface area contributed by atoms with Crippen LogP contribution in [0.4, 0.5) is 10.5 Å². The van der Waals surface area contributed by atoms with Crippen molar-refractivity contribution in [3.8, 4) is 0 Å². The molecule has 1 unspecified atom stereocenters.